The maximum absolute atomic E-state index is 10.9. The van der Waals surface area contributed by atoms with Gasteiger partial charge in [-0.2, -0.15) is 0 Å². The van der Waals surface area contributed by atoms with Crippen molar-refractivity contribution in [3.05, 3.63) is 29.8 Å². The number of carboxylic acid groups (broad SMARTS) is 1. The minimum absolute atomic E-state index is 0.00289. The molecule has 0 bridgehead atoms. The molecule has 1 aromatic carbocycles. The van der Waals surface area contributed by atoms with Gasteiger partial charge in [0.1, 0.15) is 0 Å². The molecule has 1 unspecified atom stereocenters. The monoisotopic (exact) mass is 243 g/mol. The number of hydrogen-bond donors (Lipinski definition) is 2. The van der Waals surface area contributed by atoms with Crippen LogP contribution in [0.3, 0.4) is 0 Å². The van der Waals surface area contributed by atoms with Crippen LogP contribution in [0.25, 0.3) is 0 Å². The topological polar surface area (TPSA) is 77.8 Å². The first-order valence-corrected chi connectivity index (χ1v) is 5.73. The highest BCUT2D eigenvalue weighted by molar-refractivity contribution is 7.80. The lowest BCUT2D eigenvalue weighted by atomic mass is 10.1. The lowest BCUT2D eigenvalue weighted by Gasteiger charge is -2.17. The van der Waals surface area contributed by atoms with Crippen molar-refractivity contribution in [1.29, 1.82) is 0 Å². The molecule has 0 aliphatic heterocycles. The number of anilines is 1. The Labute approximate surface area is 96.1 Å². The summed E-state index contributed by atoms with van der Waals surface area (Å²) < 4.78 is 21.1. The van der Waals surface area contributed by atoms with Crippen LogP contribution in [0, 0.1) is 0 Å². The normalized spacial score (nSPS) is 12.1. The number of carboxylic acids is 1. The van der Waals surface area contributed by atoms with Gasteiger partial charge in [0.05, 0.1) is 5.69 Å². The smallest absolute Gasteiger partial charge is 0.303 e. The van der Waals surface area contributed by atoms with Crippen molar-refractivity contribution in [1.82, 2.24) is 0 Å². The second kappa shape index (κ2) is 5.62. The number of aryl methyl sites for hydroxylation is 1. The Hall–Kier alpha value is -1.40. The summed E-state index contributed by atoms with van der Waals surface area (Å²) in [5.41, 5.74) is 1.32. The summed E-state index contributed by atoms with van der Waals surface area (Å²) in [6.45, 7) is 0. The molecule has 0 spiro atoms. The average Bonchev–Trinajstić information content (AvgIpc) is 2.25. The van der Waals surface area contributed by atoms with Gasteiger partial charge >= 0.3 is 5.97 Å². The first-order chi connectivity index (χ1) is 7.52. The quantitative estimate of drug-likeness (QED) is 0.763. The minimum atomic E-state index is -2.10. The van der Waals surface area contributed by atoms with Crippen LogP contribution in [0.1, 0.15) is 12.0 Å². The van der Waals surface area contributed by atoms with E-state index in [-0.39, 0.29) is 6.42 Å². The van der Waals surface area contributed by atoms with E-state index in [1.165, 1.54) is 11.4 Å². The fourth-order valence-corrected chi connectivity index (χ4v) is 1.70. The summed E-state index contributed by atoms with van der Waals surface area (Å²) in [5, 5.41) is 8.59. The maximum atomic E-state index is 10.9. The van der Waals surface area contributed by atoms with Gasteiger partial charge in [-0.05, 0) is 18.1 Å². The second-order valence-corrected chi connectivity index (χ2v) is 4.26. The number of rotatable bonds is 5. The van der Waals surface area contributed by atoms with Crippen LogP contribution in [0.2, 0.25) is 0 Å². The molecular weight excluding hydrogens is 230 g/mol. The van der Waals surface area contributed by atoms with Crippen molar-refractivity contribution in [2.75, 3.05) is 11.4 Å². The van der Waals surface area contributed by atoms with Crippen LogP contribution in [-0.2, 0) is 22.5 Å². The van der Waals surface area contributed by atoms with Gasteiger partial charge in [-0.15, -0.1) is 0 Å². The van der Waals surface area contributed by atoms with Crippen molar-refractivity contribution in [3.63, 3.8) is 0 Å². The lowest BCUT2D eigenvalue weighted by molar-refractivity contribution is -0.136. The zero-order valence-electron chi connectivity index (χ0n) is 8.79. The molecule has 6 heteroatoms. The van der Waals surface area contributed by atoms with Gasteiger partial charge in [-0.3, -0.25) is 13.7 Å². The lowest BCUT2D eigenvalue weighted by Crippen LogP contribution is -2.20. The molecule has 16 heavy (non-hydrogen) atoms. The third-order valence-electron chi connectivity index (χ3n) is 2.17. The summed E-state index contributed by atoms with van der Waals surface area (Å²) in [7, 11) is 1.48. The van der Waals surface area contributed by atoms with Gasteiger partial charge in [0.25, 0.3) is 11.3 Å². The summed E-state index contributed by atoms with van der Waals surface area (Å²) in [5.74, 6) is -0.887. The highest BCUT2D eigenvalue weighted by atomic mass is 32.2. The highest BCUT2D eigenvalue weighted by Crippen LogP contribution is 2.21. The molecular formula is C10H13NO4S. The average molecular weight is 243 g/mol. The summed E-state index contributed by atoms with van der Waals surface area (Å²) in [4.78, 5) is 10.5. The molecule has 1 aromatic rings. The molecule has 0 saturated carbocycles. The number of carbonyl (C=O) groups is 1. The first-order valence-electron chi connectivity index (χ1n) is 4.66. The van der Waals surface area contributed by atoms with E-state index < -0.39 is 17.2 Å². The van der Waals surface area contributed by atoms with Crippen molar-refractivity contribution in [2.45, 2.75) is 12.8 Å². The number of aliphatic carboxylic acids is 1. The van der Waals surface area contributed by atoms with E-state index in [4.69, 9.17) is 9.66 Å². The van der Waals surface area contributed by atoms with Crippen LogP contribution in [0.5, 0.6) is 0 Å². The number of para-hydroxylation sites is 1. The fourth-order valence-electron chi connectivity index (χ4n) is 1.36. The number of hydrogen-bond acceptors (Lipinski definition) is 2. The SMILES string of the molecule is CN(c1ccccc1CCC(=O)O)S(=O)O. The van der Waals surface area contributed by atoms with Crippen LogP contribution < -0.4 is 4.31 Å². The molecule has 1 atom stereocenters. The minimum Gasteiger partial charge on any atom is -0.481 e. The Morgan fingerprint density at radius 1 is 1.44 bits per heavy atom. The van der Waals surface area contributed by atoms with Crippen LogP contribution in [-0.4, -0.2) is 26.9 Å². The number of nitrogens with zero attached hydrogens (tertiary/aromatic N) is 1. The van der Waals surface area contributed by atoms with Crippen LogP contribution in [0.15, 0.2) is 24.3 Å². The first kappa shape index (κ1) is 12.7. The van der Waals surface area contributed by atoms with E-state index in [0.29, 0.717) is 12.1 Å². The van der Waals surface area contributed by atoms with E-state index in [2.05, 4.69) is 0 Å². The van der Waals surface area contributed by atoms with E-state index >= 15 is 0 Å². The molecule has 0 amide bonds. The largest absolute Gasteiger partial charge is 0.481 e. The Kier molecular flexibility index (Phi) is 4.45. The predicted octanol–water partition coefficient (Wildman–Crippen LogP) is 1.28. The summed E-state index contributed by atoms with van der Waals surface area (Å²) >= 11 is -2.10. The van der Waals surface area contributed by atoms with Gasteiger partial charge in [0.15, 0.2) is 0 Å². The third-order valence-corrected chi connectivity index (χ3v) is 2.84. The van der Waals surface area contributed by atoms with Crippen molar-refractivity contribution in [2.24, 2.45) is 0 Å². The maximum Gasteiger partial charge on any atom is 0.303 e. The molecule has 1 rings (SSSR count). The molecule has 88 valence electrons. The highest BCUT2D eigenvalue weighted by Gasteiger charge is 2.11. The Morgan fingerprint density at radius 3 is 2.62 bits per heavy atom. The summed E-state index contributed by atoms with van der Waals surface area (Å²) in [6, 6.07) is 6.95. The zero-order valence-corrected chi connectivity index (χ0v) is 9.61. The van der Waals surface area contributed by atoms with Gasteiger partial charge in [-0.1, -0.05) is 18.2 Å². The standard InChI is InChI=1S/C10H13NO4S/c1-11(16(14)15)9-5-3-2-4-8(9)6-7-10(12)13/h2-5H,6-7H2,1H3,(H,12,13)(H,14,15). The summed E-state index contributed by atoms with van der Waals surface area (Å²) in [6.07, 6.45) is 0.343. The van der Waals surface area contributed by atoms with Gasteiger partial charge < -0.3 is 5.11 Å². The van der Waals surface area contributed by atoms with E-state index in [1.807, 2.05) is 0 Å². The van der Waals surface area contributed by atoms with Gasteiger partial charge in [0.2, 0.25) is 0 Å². The number of benzene rings is 1. The Morgan fingerprint density at radius 2 is 2.06 bits per heavy atom. The predicted molar refractivity (Wildman–Crippen MR) is 61.6 cm³/mol. The third kappa shape index (κ3) is 3.32. The van der Waals surface area contributed by atoms with Gasteiger partial charge in [0, 0.05) is 13.5 Å². The molecule has 0 saturated heterocycles. The van der Waals surface area contributed by atoms with Crippen molar-refractivity contribution >= 4 is 22.9 Å². The van der Waals surface area contributed by atoms with Crippen molar-refractivity contribution in [3.8, 4) is 0 Å². The molecule has 5 nitrogen and oxygen atoms in total. The van der Waals surface area contributed by atoms with Crippen LogP contribution in [0.4, 0.5) is 5.69 Å². The van der Waals surface area contributed by atoms with Crippen LogP contribution >= 0.6 is 0 Å². The molecule has 2 N–H and O–H groups in total. The molecule has 0 aliphatic carbocycles. The molecule has 0 heterocycles. The second-order valence-electron chi connectivity index (χ2n) is 3.25. The van der Waals surface area contributed by atoms with E-state index in [0.717, 1.165) is 5.56 Å². The molecule has 0 aromatic heterocycles. The van der Waals surface area contributed by atoms with E-state index in [1.54, 1.807) is 24.3 Å². The zero-order chi connectivity index (χ0) is 12.1. The molecule has 0 radical (unpaired) electrons. The fraction of sp³-hybridized carbons (Fsp3) is 0.300. The van der Waals surface area contributed by atoms with Gasteiger partial charge in [-0.25, -0.2) is 4.21 Å². The van der Waals surface area contributed by atoms with Crippen molar-refractivity contribution < 1.29 is 18.7 Å². The molecule has 0 fully saturated rings. The van der Waals surface area contributed by atoms with E-state index in [9.17, 15) is 9.00 Å². The molecule has 0 aliphatic rings. The Balaban J connectivity index is 2.91. The Bertz CT molecular complexity index is 408.